The molecule has 0 aromatic carbocycles. The van der Waals surface area contributed by atoms with E-state index in [1.54, 1.807) is 0 Å². The summed E-state index contributed by atoms with van der Waals surface area (Å²) in [5.74, 6) is 0. The van der Waals surface area contributed by atoms with Crippen molar-refractivity contribution in [1.29, 1.82) is 0 Å². The molecule has 0 saturated carbocycles. The van der Waals surface area contributed by atoms with Gasteiger partial charge in [-0.15, -0.1) is 0 Å². The number of rotatable bonds is 9. The smallest absolute Gasteiger partial charge is 0.0883 e. The van der Waals surface area contributed by atoms with Gasteiger partial charge in [0.15, 0.2) is 0 Å². The van der Waals surface area contributed by atoms with Gasteiger partial charge in [-0.2, -0.15) is 0 Å². The summed E-state index contributed by atoms with van der Waals surface area (Å²) in [6, 6.07) is 0. The zero-order chi connectivity index (χ0) is 13.3. The summed E-state index contributed by atoms with van der Waals surface area (Å²) < 4.78 is 5.53. The largest absolute Gasteiger partial charge is 0.396 e. The third-order valence-electron chi connectivity index (χ3n) is 2.75. The van der Waals surface area contributed by atoms with Crippen LogP contribution in [-0.2, 0) is 4.74 Å². The first-order valence-corrected chi connectivity index (χ1v) is 6.45. The monoisotopic (exact) mass is 248 g/mol. The van der Waals surface area contributed by atoms with E-state index in [-0.39, 0.29) is 31.3 Å². The first-order valence-electron chi connectivity index (χ1n) is 6.45. The van der Waals surface area contributed by atoms with Crippen molar-refractivity contribution in [3.8, 4) is 0 Å². The molecule has 0 amide bonds. The minimum absolute atomic E-state index is 0.0240. The van der Waals surface area contributed by atoms with Gasteiger partial charge in [0.1, 0.15) is 0 Å². The maximum Gasteiger partial charge on any atom is 0.0883 e. The van der Waals surface area contributed by atoms with Gasteiger partial charge in [0.25, 0.3) is 0 Å². The molecule has 2 unspecified atom stereocenters. The molecule has 0 aromatic heterocycles. The number of aliphatic hydroxyl groups is 3. The van der Waals surface area contributed by atoms with Gasteiger partial charge in [-0.25, -0.2) is 0 Å². The highest BCUT2D eigenvalue weighted by Crippen LogP contribution is 2.27. The van der Waals surface area contributed by atoms with Crippen LogP contribution in [0, 0.1) is 5.41 Å². The van der Waals surface area contributed by atoms with Crippen molar-refractivity contribution >= 4 is 0 Å². The predicted octanol–water partition coefficient (Wildman–Crippen LogP) is 1.32. The van der Waals surface area contributed by atoms with Gasteiger partial charge >= 0.3 is 0 Å². The predicted molar refractivity (Wildman–Crippen MR) is 67.8 cm³/mol. The summed E-state index contributed by atoms with van der Waals surface area (Å²) in [7, 11) is 0. The van der Waals surface area contributed by atoms with Crippen molar-refractivity contribution in [2.45, 2.75) is 58.7 Å². The number of hydrogen-bond donors (Lipinski definition) is 3. The fourth-order valence-electron chi connectivity index (χ4n) is 1.91. The molecule has 0 radical (unpaired) electrons. The summed E-state index contributed by atoms with van der Waals surface area (Å²) in [4.78, 5) is 0. The minimum atomic E-state index is -0.514. The lowest BCUT2D eigenvalue weighted by Crippen LogP contribution is -2.40. The van der Waals surface area contributed by atoms with Gasteiger partial charge in [0.2, 0.25) is 0 Å². The van der Waals surface area contributed by atoms with E-state index in [4.69, 9.17) is 14.9 Å². The molecule has 0 fully saturated rings. The first kappa shape index (κ1) is 16.8. The minimum Gasteiger partial charge on any atom is -0.396 e. The lowest BCUT2D eigenvalue weighted by Gasteiger charge is -2.34. The van der Waals surface area contributed by atoms with Gasteiger partial charge in [-0.1, -0.05) is 33.6 Å². The Kier molecular flexibility index (Phi) is 8.78. The number of hydrogen-bond acceptors (Lipinski definition) is 4. The van der Waals surface area contributed by atoms with Crippen LogP contribution in [0.25, 0.3) is 0 Å². The molecule has 0 aromatic rings. The van der Waals surface area contributed by atoms with E-state index in [1.807, 2.05) is 20.8 Å². The Morgan fingerprint density at radius 2 is 1.65 bits per heavy atom. The molecule has 2 atom stereocenters. The quantitative estimate of drug-likeness (QED) is 0.538. The third kappa shape index (κ3) is 7.71. The van der Waals surface area contributed by atoms with Gasteiger partial charge in [-0.3, -0.25) is 0 Å². The van der Waals surface area contributed by atoms with Crippen LogP contribution in [0.2, 0.25) is 0 Å². The SMILES string of the molecule is CC(C)(C)C(OCCO)C(O)CCCCCO. The Hall–Kier alpha value is -0.160. The Balaban J connectivity index is 4.09. The molecule has 0 aliphatic carbocycles. The summed E-state index contributed by atoms with van der Waals surface area (Å²) in [5, 5.41) is 27.5. The van der Waals surface area contributed by atoms with Crippen molar-refractivity contribution in [3.63, 3.8) is 0 Å². The lowest BCUT2D eigenvalue weighted by molar-refractivity contribution is -0.101. The molecule has 3 N–H and O–H groups in total. The number of aliphatic hydroxyl groups excluding tert-OH is 3. The molecule has 4 nitrogen and oxygen atoms in total. The van der Waals surface area contributed by atoms with Crippen molar-refractivity contribution in [3.05, 3.63) is 0 Å². The molecule has 4 heteroatoms. The maximum atomic E-state index is 10.1. The van der Waals surface area contributed by atoms with Crippen molar-refractivity contribution in [1.82, 2.24) is 0 Å². The summed E-state index contributed by atoms with van der Waals surface area (Å²) in [6.45, 7) is 6.50. The highest BCUT2D eigenvalue weighted by atomic mass is 16.5. The van der Waals surface area contributed by atoms with Gasteiger partial charge < -0.3 is 20.1 Å². The van der Waals surface area contributed by atoms with E-state index in [9.17, 15) is 5.11 Å². The van der Waals surface area contributed by atoms with Crippen LogP contribution in [-0.4, -0.2) is 47.3 Å². The average molecular weight is 248 g/mol. The van der Waals surface area contributed by atoms with E-state index in [1.165, 1.54) is 0 Å². The zero-order valence-electron chi connectivity index (χ0n) is 11.4. The molecule has 0 saturated heterocycles. The van der Waals surface area contributed by atoms with Crippen LogP contribution in [0.4, 0.5) is 0 Å². The molecule has 0 aliphatic heterocycles. The van der Waals surface area contributed by atoms with E-state index in [2.05, 4.69) is 0 Å². The zero-order valence-corrected chi connectivity index (χ0v) is 11.4. The summed E-state index contributed by atoms with van der Waals surface area (Å²) in [6.07, 6.45) is 2.49. The van der Waals surface area contributed by atoms with Crippen LogP contribution in [0.1, 0.15) is 46.5 Å². The number of unbranched alkanes of at least 4 members (excludes halogenated alkanes) is 2. The molecule has 0 heterocycles. The van der Waals surface area contributed by atoms with Crippen LogP contribution >= 0.6 is 0 Å². The molecule has 17 heavy (non-hydrogen) atoms. The molecular formula is C13H28O4. The first-order chi connectivity index (χ1) is 7.93. The van der Waals surface area contributed by atoms with Crippen molar-refractivity contribution < 1.29 is 20.1 Å². The second-order valence-electron chi connectivity index (χ2n) is 5.52. The Morgan fingerprint density at radius 3 is 2.12 bits per heavy atom. The van der Waals surface area contributed by atoms with Gasteiger partial charge in [0, 0.05) is 6.61 Å². The van der Waals surface area contributed by atoms with E-state index in [0.29, 0.717) is 6.42 Å². The fourth-order valence-corrected chi connectivity index (χ4v) is 1.91. The molecule has 104 valence electrons. The third-order valence-corrected chi connectivity index (χ3v) is 2.75. The summed E-state index contributed by atoms with van der Waals surface area (Å²) >= 11 is 0. The molecule has 0 spiro atoms. The topological polar surface area (TPSA) is 69.9 Å². The van der Waals surface area contributed by atoms with Crippen LogP contribution in [0.3, 0.4) is 0 Å². The standard InChI is InChI=1S/C13H28O4/c1-13(2,3)12(17-10-9-15)11(16)7-5-4-6-8-14/h11-12,14-16H,4-10H2,1-3H3. The summed E-state index contributed by atoms with van der Waals surface area (Å²) in [5.41, 5.74) is -0.147. The maximum absolute atomic E-state index is 10.1. The van der Waals surface area contributed by atoms with Crippen molar-refractivity contribution in [2.75, 3.05) is 19.8 Å². The lowest BCUT2D eigenvalue weighted by atomic mass is 9.84. The van der Waals surface area contributed by atoms with E-state index >= 15 is 0 Å². The number of ether oxygens (including phenoxy) is 1. The second-order valence-corrected chi connectivity index (χ2v) is 5.52. The van der Waals surface area contributed by atoms with Crippen LogP contribution in [0.5, 0.6) is 0 Å². The van der Waals surface area contributed by atoms with Crippen LogP contribution < -0.4 is 0 Å². The normalized spacial score (nSPS) is 15.9. The average Bonchev–Trinajstić information content (AvgIpc) is 2.23. The van der Waals surface area contributed by atoms with Crippen molar-refractivity contribution in [2.24, 2.45) is 5.41 Å². The van der Waals surface area contributed by atoms with Gasteiger partial charge in [0.05, 0.1) is 25.4 Å². The second kappa shape index (κ2) is 8.86. The van der Waals surface area contributed by atoms with E-state index < -0.39 is 6.10 Å². The molecule has 0 bridgehead atoms. The molecular weight excluding hydrogens is 220 g/mol. The Morgan fingerprint density at radius 1 is 1.00 bits per heavy atom. The Labute approximate surface area is 105 Å². The Bertz CT molecular complexity index is 177. The fraction of sp³-hybridized carbons (Fsp3) is 1.00. The molecule has 0 rings (SSSR count). The van der Waals surface area contributed by atoms with Crippen LogP contribution in [0.15, 0.2) is 0 Å². The highest BCUT2D eigenvalue weighted by molar-refractivity contribution is 4.81. The molecule has 0 aliphatic rings. The highest BCUT2D eigenvalue weighted by Gasteiger charge is 2.31. The van der Waals surface area contributed by atoms with Gasteiger partial charge in [-0.05, 0) is 18.3 Å². The van der Waals surface area contributed by atoms with E-state index in [0.717, 1.165) is 19.3 Å².